The molecule has 24 heavy (non-hydrogen) atoms. The smallest absolute Gasteiger partial charge is 0.241 e. The second-order valence-corrected chi connectivity index (χ2v) is 6.16. The molecular weight excluding hydrogens is 326 g/mol. The molecule has 0 radical (unpaired) electrons. The Labute approximate surface area is 145 Å². The molecule has 6 heteroatoms. The van der Waals surface area contributed by atoms with Crippen LogP contribution in [0.25, 0.3) is 0 Å². The number of amides is 2. The summed E-state index contributed by atoms with van der Waals surface area (Å²) in [6.07, 6.45) is 0.215. The molecule has 1 saturated heterocycles. The normalized spacial score (nSPS) is 17.0. The summed E-state index contributed by atoms with van der Waals surface area (Å²) >= 11 is 5.84. The summed E-state index contributed by atoms with van der Waals surface area (Å²) in [5.41, 5.74) is 4.84. The van der Waals surface area contributed by atoms with E-state index in [1.165, 1.54) is 5.01 Å². The van der Waals surface area contributed by atoms with Crippen molar-refractivity contribution < 1.29 is 9.59 Å². The maximum absolute atomic E-state index is 12.3. The lowest BCUT2D eigenvalue weighted by molar-refractivity contribution is -0.128. The summed E-state index contributed by atoms with van der Waals surface area (Å²) in [6.45, 7) is 0.785. The summed E-state index contributed by atoms with van der Waals surface area (Å²) < 4.78 is 0. The molecule has 0 spiro atoms. The fourth-order valence-electron chi connectivity index (χ4n) is 2.60. The van der Waals surface area contributed by atoms with Gasteiger partial charge in [-0.3, -0.25) is 20.0 Å². The lowest BCUT2D eigenvalue weighted by Crippen LogP contribution is -2.34. The Bertz CT molecular complexity index is 719. The van der Waals surface area contributed by atoms with E-state index in [0.29, 0.717) is 18.1 Å². The molecule has 0 aromatic heterocycles. The molecule has 1 atom stereocenters. The molecule has 2 amide bonds. The average molecular weight is 344 g/mol. The minimum atomic E-state index is -0.346. The first-order valence-corrected chi connectivity index (χ1v) is 8.14. The molecule has 0 aliphatic carbocycles. The highest BCUT2D eigenvalue weighted by Crippen LogP contribution is 2.19. The van der Waals surface area contributed by atoms with Gasteiger partial charge in [0.05, 0.1) is 18.2 Å². The molecular formula is C18H18ClN3O2. The van der Waals surface area contributed by atoms with Crippen molar-refractivity contribution >= 4 is 29.1 Å². The number of halogens is 1. The van der Waals surface area contributed by atoms with Crippen molar-refractivity contribution in [3.63, 3.8) is 0 Å². The van der Waals surface area contributed by atoms with E-state index in [4.69, 9.17) is 11.6 Å². The van der Waals surface area contributed by atoms with Gasteiger partial charge in [-0.05, 0) is 29.8 Å². The van der Waals surface area contributed by atoms with Gasteiger partial charge in [0.25, 0.3) is 0 Å². The molecule has 5 nitrogen and oxygen atoms in total. The summed E-state index contributed by atoms with van der Waals surface area (Å²) in [4.78, 5) is 24.4. The number of hydrogen-bond donors (Lipinski definition) is 2. The predicted molar refractivity (Wildman–Crippen MR) is 93.2 cm³/mol. The van der Waals surface area contributed by atoms with Gasteiger partial charge in [-0.1, -0.05) is 41.9 Å². The lowest BCUT2D eigenvalue weighted by Gasteiger charge is -2.19. The van der Waals surface area contributed by atoms with E-state index in [1.54, 1.807) is 12.1 Å². The Morgan fingerprint density at radius 3 is 2.54 bits per heavy atom. The van der Waals surface area contributed by atoms with Gasteiger partial charge >= 0.3 is 0 Å². The zero-order chi connectivity index (χ0) is 16.9. The van der Waals surface area contributed by atoms with Gasteiger partial charge in [0, 0.05) is 18.0 Å². The number of carbonyl (C=O) groups is 2. The number of anilines is 1. The molecule has 0 bridgehead atoms. The standard InChI is InChI=1S/C18H18ClN3O2/c19-15-8-6-13(7-9-15)11-20-18(24)14-10-17(23)22(12-14)21-16-4-2-1-3-5-16/h1-9,14,21H,10-12H2,(H,20,24). The topological polar surface area (TPSA) is 61.4 Å². The van der Waals surface area contributed by atoms with E-state index in [2.05, 4.69) is 10.7 Å². The molecule has 1 aliphatic heterocycles. The highest BCUT2D eigenvalue weighted by molar-refractivity contribution is 6.30. The van der Waals surface area contributed by atoms with E-state index < -0.39 is 0 Å². The molecule has 2 aromatic carbocycles. The van der Waals surface area contributed by atoms with E-state index in [-0.39, 0.29) is 24.2 Å². The molecule has 2 N–H and O–H groups in total. The van der Waals surface area contributed by atoms with Crippen LogP contribution in [0, 0.1) is 5.92 Å². The largest absolute Gasteiger partial charge is 0.352 e. The van der Waals surface area contributed by atoms with Crippen molar-refractivity contribution in [2.24, 2.45) is 5.92 Å². The fraction of sp³-hybridized carbons (Fsp3) is 0.222. The van der Waals surface area contributed by atoms with Crippen molar-refractivity contribution in [1.82, 2.24) is 10.3 Å². The van der Waals surface area contributed by atoms with Crippen molar-refractivity contribution in [3.05, 3.63) is 65.2 Å². The van der Waals surface area contributed by atoms with Gasteiger partial charge in [0.15, 0.2) is 0 Å². The van der Waals surface area contributed by atoms with Crippen LogP contribution in [0.15, 0.2) is 54.6 Å². The number of rotatable bonds is 5. The van der Waals surface area contributed by atoms with Crippen molar-refractivity contribution in [1.29, 1.82) is 0 Å². The maximum atomic E-state index is 12.3. The first-order chi connectivity index (χ1) is 11.6. The molecule has 124 valence electrons. The van der Waals surface area contributed by atoms with E-state index in [1.807, 2.05) is 42.5 Å². The quantitative estimate of drug-likeness (QED) is 0.877. The number of hydrazine groups is 1. The molecule has 1 unspecified atom stereocenters. The number of nitrogens with zero attached hydrogens (tertiary/aromatic N) is 1. The van der Waals surface area contributed by atoms with Gasteiger partial charge in [0.2, 0.25) is 11.8 Å². The number of nitrogens with one attached hydrogen (secondary N) is 2. The number of carbonyl (C=O) groups excluding carboxylic acids is 2. The summed E-state index contributed by atoms with van der Waals surface area (Å²) in [7, 11) is 0. The molecule has 3 rings (SSSR count). The Hall–Kier alpha value is -2.53. The third-order valence-corrected chi connectivity index (χ3v) is 4.17. The second-order valence-electron chi connectivity index (χ2n) is 5.73. The van der Waals surface area contributed by atoms with Crippen molar-refractivity contribution in [3.8, 4) is 0 Å². The Kier molecular flexibility index (Phi) is 5.01. The maximum Gasteiger partial charge on any atom is 0.241 e. The van der Waals surface area contributed by atoms with Crippen molar-refractivity contribution in [2.75, 3.05) is 12.0 Å². The monoisotopic (exact) mass is 343 g/mol. The summed E-state index contributed by atoms with van der Waals surface area (Å²) in [6, 6.07) is 16.7. The van der Waals surface area contributed by atoms with E-state index in [0.717, 1.165) is 11.3 Å². The van der Waals surface area contributed by atoms with Gasteiger partial charge in [0.1, 0.15) is 0 Å². The van der Waals surface area contributed by atoms with Crippen LogP contribution in [0.1, 0.15) is 12.0 Å². The minimum Gasteiger partial charge on any atom is -0.352 e. The van der Waals surface area contributed by atoms with Crippen LogP contribution < -0.4 is 10.7 Å². The first kappa shape index (κ1) is 16.3. The molecule has 1 aliphatic rings. The lowest BCUT2D eigenvalue weighted by atomic mass is 10.1. The third-order valence-electron chi connectivity index (χ3n) is 3.91. The van der Waals surface area contributed by atoms with Gasteiger partial charge in [-0.15, -0.1) is 0 Å². The van der Waals surface area contributed by atoms with Crippen molar-refractivity contribution in [2.45, 2.75) is 13.0 Å². The van der Waals surface area contributed by atoms with E-state index >= 15 is 0 Å². The fourth-order valence-corrected chi connectivity index (χ4v) is 2.72. The van der Waals surface area contributed by atoms with Crippen LogP contribution in [0.5, 0.6) is 0 Å². The van der Waals surface area contributed by atoms with Crippen LogP contribution >= 0.6 is 11.6 Å². The Morgan fingerprint density at radius 1 is 1.12 bits per heavy atom. The van der Waals surface area contributed by atoms with E-state index in [9.17, 15) is 9.59 Å². The number of para-hydroxylation sites is 1. The highest BCUT2D eigenvalue weighted by Gasteiger charge is 2.34. The molecule has 1 heterocycles. The third kappa shape index (κ3) is 4.06. The zero-order valence-corrected chi connectivity index (χ0v) is 13.8. The molecule has 1 fully saturated rings. The molecule has 2 aromatic rings. The predicted octanol–water partition coefficient (Wildman–Crippen LogP) is 2.83. The average Bonchev–Trinajstić information content (AvgIpc) is 2.96. The van der Waals surface area contributed by atoms with Crippen LogP contribution in [-0.4, -0.2) is 23.4 Å². The summed E-state index contributed by atoms with van der Waals surface area (Å²) in [5, 5.41) is 5.04. The number of benzene rings is 2. The van der Waals surface area contributed by atoms with Gasteiger partial charge in [-0.2, -0.15) is 0 Å². The number of hydrogen-bond acceptors (Lipinski definition) is 3. The minimum absolute atomic E-state index is 0.0782. The van der Waals surface area contributed by atoms with Crippen LogP contribution in [0.3, 0.4) is 0 Å². The second kappa shape index (κ2) is 7.36. The van der Waals surface area contributed by atoms with Gasteiger partial charge < -0.3 is 5.32 Å². The zero-order valence-electron chi connectivity index (χ0n) is 13.0. The van der Waals surface area contributed by atoms with Crippen LogP contribution in [-0.2, 0) is 16.1 Å². The van der Waals surface area contributed by atoms with Crippen LogP contribution in [0.4, 0.5) is 5.69 Å². The Morgan fingerprint density at radius 2 is 1.83 bits per heavy atom. The Balaban J connectivity index is 1.53. The summed E-state index contributed by atoms with van der Waals surface area (Å²) in [5.74, 6) is -0.540. The highest BCUT2D eigenvalue weighted by atomic mass is 35.5. The van der Waals surface area contributed by atoms with Crippen LogP contribution in [0.2, 0.25) is 5.02 Å². The SMILES string of the molecule is O=C(NCc1ccc(Cl)cc1)C1CC(=O)N(Nc2ccccc2)C1. The first-order valence-electron chi connectivity index (χ1n) is 7.76. The molecule has 0 saturated carbocycles. The van der Waals surface area contributed by atoms with Gasteiger partial charge in [-0.25, -0.2) is 0 Å².